The Morgan fingerprint density at radius 2 is 1.62 bits per heavy atom. The molecule has 48 heavy (non-hydrogen) atoms. The zero-order chi connectivity index (χ0) is 35.2. The summed E-state index contributed by atoms with van der Waals surface area (Å²) in [6.45, 7) is 4.06. The van der Waals surface area contributed by atoms with Crippen molar-refractivity contribution in [2.75, 3.05) is 13.1 Å². The van der Waals surface area contributed by atoms with Crippen LogP contribution in [0, 0.1) is 19.3 Å². The van der Waals surface area contributed by atoms with Crippen LogP contribution in [0.1, 0.15) is 54.4 Å². The Morgan fingerprint density at radius 1 is 0.958 bits per heavy atom. The van der Waals surface area contributed by atoms with E-state index in [0.717, 1.165) is 11.1 Å². The first kappa shape index (κ1) is 37.3. The summed E-state index contributed by atoms with van der Waals surface area (Å²) in [5, 5.41) is 33.9. The smallest absolute Gasteiger partial charge is 0.321 e. The second-order valence-electron chi connectivity index (χ2n) is 12.0. The molecule has 12 N–H and O–H groups in total. The van der Waals surface area contributed by atoms with Gasteiger partial charge in [0.05, 0.1) is 6.04 Å². The molecule has 1 aliphatic heterocycles. The summed E-state index contributed by atoms with van der Waals surface area (Å²) in [6.07, 6.45) is 1.73. The number of aryl methyl sites for hydroxylation is 2. The van der Waals surface area contributed by atoms with Crippen molar-refractivity contribution >= 4 is 35.6 Å². The molecule has 6 amide bonds. The zero-order valence-corrected chi connectivity index (χ0v) is 27.4. The third-order valence-electron chi connectivity index (χ3n) is 8.07. The van der Waals surface area contributed by atoms with Crippen LogP contribution < -0.4 is 43.4 Å². The van der Waals surface area contributed by atoms with Crippen molar-refractivity contribution in [3.63, 3.8) is 0 Å². The summed E-state index contributed by atoms with van der Waals surface area (Å²) in [5.74, 6) is -2.78. The molecule has 0 unspecified atom stereocenters. The first-order valence-electron chi connectivity index (χ1n) is 16.0. The molecule has 1 fully saturated rings. The van der Waals surface area contributed by atoms with Crippen molar-refractivity contribution in [1.29, 1.82) is 5.41 Å². The molecule has 260 valence electrons. The quantitative estimate of drug-likeness (QED) is 0.190. The molecule has 2 aromatic carbocycles. The minimum Gasteiger partial charge on any atom is -0.508 e. The summed E-state index contributed by atoms with van der Waals surface area (Å²) >= 11 is 0. The fraction of sp³-hybridized carbons (Fsp3) is 0.455. The number of phenolic OH excluding ortho intramolecular Hbond substituents is 1. The predicted molar refractivity (Wildman–Crippen MR) is 180 cm³/mol. The molecule has 1 aliphatic rings. The Hall–Kier alpha value is -5.18. The molecular formula is C33H47N9O6. The number of primary amides is 1. The van der Waals surface area contributed by atoms with Crippen molar-refractivity contribution in [2.45, 2.75) is 83.0 Å². The first-order valence-corrected chi connectivity index (χ1v) is 16.0. The number of aromatic hydroxyl groups is 1. The highest BCUT2D eigenvalue weighted by Gasteiger charge is 2.31. The lowest BCUT2D eigenvalue weighted by Gasteiger charge is -2.26. The Morgan fingerprint density at radius 3 is 2.29 bits per heavy atom. The minimum atomic E-state index is -1.14. The summed E-state index contributed by atoms with van der Waals surface area (Å²) in [6, 6.07) is 7.23. The largest absolute Gasteiger partial charge is 0.508 e. The molecule has 0 bridgehead atoms. The molecule has 0 saturated carbocycles. The van der Waals surface area contributed by atoms with E-state index in [1.54, 1.807) is 50.2 Å². The van der Waals surface area contributed by atoms with E-state index in [4.69, 9.17) is 16.9 Å². The predicted octanol–water partition coefficient (Wildman–Crippen LogP) is -0.151. The lowest BCUT2D eigenvalue weighted by molar-refractivity contribution is -0.133. The van der Waals surface area contributed by atoms with Gasteiger partial charge in [-0.25, -0.2) is 4.79 Å². The SMILES string of the molecule is Cc1cc(O)cc(C)c1C[C@@H]1NC(=O)[C@H](N)CCCNC(=N)NC(=O)NCCCC[C@@H](C(=O)N[C@@H](Cc2ccccc2)C(N)=O)NC1=O. The third kappa shape index (κ3) is 11.9. The topological polar surface area (TPSA) is 254 Å². The number of hydrogen-bond acceptors (Lipinski definition) is 8. The van der Waals surface area contributed by atoms with Crippen LogP contribution in [0.15, 0.2) is 42.5 Å². The monoisotopic (exact) mass is 665 g/mol. The van der Waals surface area contributed by atoms with Crippen LogP contribution in [-0.2, 0) is 32.0 Å². The summed E-state index contributed by atoms with van der Waals surface area (Å²) in [7, 11) is 0. The number of guanidine groups is 1. The van der Waals surface area contributed by atoms with Gasteiger partial charge >= 0.3 is 6.03 Å². The zero-order valence-electron chi connectivity index (χ0n) is 27.4. The van der Waals surface area contributed by atoms with Crippen LogP contribution in [0.3, 0.4) is 0 Å². The van der Waals surface area contributed by atoms with E-state index >= 15 is 0 Å². The standard InChI is InChI=1S/C33H47N9O6/c1-19-15-22(43)16-20(2)23(19)18-27-31(47)39-25(30(46)40-26(28(35)44)17-21-9-4-3-5-10-21)12-6-7-13-38-33(48)42-32(36)37-14-8-11-24(34)29(45)41-27/h3-5,9-10,15-16,24-27,43H,6-8,11-14,17-18,34H2,1-2H3,(H2,35,44)(H,39,47)(H,40,46)(H,41,45)(H4,36,37,38,42,48)/t24-,25+,26+,27+/m1/s1. The van der Waals surface area contributed by atoms with Gasteiger partial charge in [-0.2, -0.15) is 0 Å². The van der Waals surface area contributed by atoms with Gasteiger partial charge in [0.2, 0.25) is 23.6 Å². The summed E-state index contributed by atoms with van der Waals surface area (Å²) < 4.78 is 0. The van der Waals surface area contributed by atoms with Gasteiger partial charge in [0, 0.05) is 25.9 Å². The highest BCUT2D eigenvalue weighted by molar-refractivity contribution is 5.95. The number of carbonyl (C=O) groups excluding carboxylic acids is 5. The van der Waals surface area contributed by atoms with Crippen LogP contribution in [0.2, 0.25) is 0 Å². The Balaban J connectivity index is 1.89. The molecule has 1 saturated heterocycles. The van der Waals surface area contributed by atoms with Crippen LogP contribution >= 0.6 is 0 Å². The number of hydrogen-bond donors (Lipinski definition) is 10. The summed E-state index contributed by atoms with van der Waals surface area (Å²) in [4.78, 5) is 65.3. The number of nitrogens with two attached hydrogens (primary N) is 2. The molecule has 15 heteroatoms. The van der Waals surface area contributed by atoms with E-state index in [1.165, 1.54) is 0 Å². The van der Waals surface area contributed by atoms with Crippen molar-refractivity contribution in [3.8, 4) is 5.75 Å². The fourth-order valence-electron chi connectivity index (χ4n) is 5.41. The number of benzene rings is 2. The normalized spacial score (nSPS) is 21.0. The van der Waals surface area contributed by atoms with Gasteiger partial charge in [-0.1, -0.05) is 30.3 Å². The highest BCUT2D eigenvalue weighted by Crippen LogP contribution is 2.22. The van der Waals surface area contributed by atoms with E-state index in [0.29, 0.717) is 30.4 Å². The maximum Gasteiger partial charge on any atom is 0.321 e. The van der Waals surface area contributed by atoms with E-state index in [9.17, 15) is 29.1 Å². The van der Waals surface area contributed by atoms with Crippen LogP contribution in [0.5, 0.6) is 5.75 Å². The van der Waals surface area contributed by atoms with Gasteiger partial charge in [0.1, 0.15) is 23.9 Å². The molecule has 1 heterocycles. The number of phenols is 1. The number of rotatable bonds is 7. The molecule has 0 aliphatic carbocycles. The van der Waals surface area contributed by atoms with Crippen molar-refractivity contribution in [2.24, 2.45) is 11.5 Å². The van der Waals surface area contributed by atoms with Crippen LogP contribution in [-0.4, -0.2) is 78.0 Å². The number of nitrogens with one attached hydrogen (secondary N) is 7. The molecular weight excluding hydrogens is 618 g/mol. The van der Waals surface area contributed by atoms with Gasteiger partial charge in [0.25, 0.3) is 0 Å². The number of urea groups is 1. The second kappa shape index (κ2) is 18.2. The van der Waals surface area contributed by atoms with E-state index in [2.05, 4.69) is 31.9 Å². The van der Waals surface area contributed by atoms with E-state index in [1.807, 2.05) is 6.07 Å². The molecule has 2 aromatic rings. The van der Waals surface area contributed by atoms with Crippen LogP contribution in [0.4, 0.5) is 4.79 Å². The second-order valence-corrected chi connectivity index (χ2v) is 12.0. The number of carbonyl (C=O) groups is 5. The third-order valence-corrected chi connectivity index (χ3v) is 8.07. The molecule has 15 nitrogen and oxygen atoms in total. The maximum atomic E-state index is 13.9. The van der Waals surface area contributed by atoms with Gasteiger partial charge < -0.3 is 43.2 Å². The lowest BCUT2D eigenvalue weighted by atomic mass is 9.95. The Labute approximate surface area is 279 Å². The van der Waals surface area contributed by atoms with E-state index in [-0.39, 0.29) is 50.5 Å². The van der Waals surface area contributed by atoms with Gasteiger partial charge in [-0.05, 0) is 80.3 Å². The maximum absolute atomic E-state index is 13.9. The highest BCUT2D eigenvalue weighted by atomic mass is 16.3. The van der Waals surface area contributed by atoms with Crippen molar-refractivity contribution in [3.05, 3.63) is 64.7 Å². The first-order chi connectivity index (χ1) is 22.8. The molecule has 4 atom stereocenters. The van der Waals surface area contributed by atoms with Crippen LogP contribution in [0.25, 0.3) is 0 Å². The van der Waals surface area contributed by atoms with Gasteiger partial charge in [0.15, 0.2) is 5.96 Å². The molecule has 3 rings (SSSR count). The minimum absolute atomic E-state index is 0.0465. The van der Waals surface area contributed by atoms with Gasteiger partial charge in [-0.15, -0.1) is 0 Å². The molecule has 0 spiro atoms. The average Bonchev–Trinajstić information content (AvgIpc) is 3.02. The van der Waals surface area contributed by atoms with Crippen molar-refractivity contribution in [1.82, 2.24) is 31.9 Å². The van der Waals surface area contributed by atoms with Gasteiger partial charge in [-0.3, -0.25) is 29.9 Å². The van der Waals surface area contributed by atoms with E-state index < -0.39 is 53.8 Å². The number of amides is 6. The average molecular weight is 666 g/mol. The molecule has 0 aromatic heterocycles. The molecule has 0 radical (unpaired) electrons. The lowest BCUT2D eigenvalue weighted by Crippen LogP contribution is -2.58. The van der Waals surface area contributed by atoms with Crippen molar-refractivity contribution < 1.29 is 29.1 Å². The summed E-state index contributed by atoms with van der Waals surface area (Å²) in [5.41, 5.74) is 14.7. The Kier molecular flexibility index (Phi) is 14.2. The fourth-order valence-corrected chi connectivity index (χ4v) is 5.41. The Bertz CT molecular complexity index is 1450.